The van der Waals surface area contributed by atoms with Crippen molar-refractivity contribution in [3.05, 3.63) is 40.4 Å². The maximum absolute atomic E-state index is 13.8. The van der Waals surface area contributed by atoms with Crippen LogP contribution in [0.15, 0.2) is 34.4 Å². The van der Waals surface area contributed by atoms with Crippen molar-refractivity contribution in [2.45, 2.75) is 56.6 Å². The van der Waals surface area contributed by atoms with Crippen molar-refractivity contribution in [2.24, 2.45) is 15.9 Å². The molecule has 2 amide bonds. The molecule has 8 N–H and O–H groups in total. The molecule has 2 fully saturated rings. The molecule has 0 saturated carbocycles. The summed E-state index contributed by atoms with van der Waals surface area (Å²) in [6.07, 6.45) is -5.43. The molecular formula is C26H31F3N8O10S2. The van der Waals surface area contributed by atoms with Gasteiger partial charge >= 0.3 is 22.5 Å². The van der Waals surface area contributed by atoms with E-state index >= 15 is 0 Å². The van der Waals surface area contributed by atoms with Crippen LogP contribution in [0.1, 0.15) is 42.8 Å². The van der Waals surface area contributed by atoms with Gasteiger partial charge in [0.25, 0.3) is 17.9 Å². The zero-order valence-electron chi connectivity index (χ0n) is 25.6. The van der Waals surface area contributed by atoms with Gasteiger partial charge in [-0.3, -0.25) is 19.1 Å². The van der Waals surface area contributed by atoms with Crippen LogP contribution in [-0.2, 0) is 40.1 Å². The normalized spacial score (nSPS) is 19.6. The van der Waals surface area contributed by atoms with E-state index in [0.29, 0.717) is 11.4 Å². The Morgan fingerprint density at radius 2 is 1.88 bits per heavy atom. The number of aliphatic imine (C=N–C) groups is 1. The second-order valence-electron chi connectivity index (χ2n) is 11.1. The summed E-state index contributed by atoms with van der Waals surface area (Å²) < 4.78 is 82.3. The van der Waals surface area contributed by atoms with E-state index in [1.54, 1.807) is 12.1 Å². The Morgan fingerprint density at radius 3 is 2.43 bits per heavy atom. The van der Waals surface area contributed by atoms with Crippen molar-refractivity contribution in [2.75, 3.05) is 25.4 Å². The number of amides is 2. The second kappa shape index (κ2) is 14.5. The number of hydrogen-bond acceptors (Lipinski definition) is 14. The number of nitrogens with two attached hydrogens (primary N) is 2. The van der Waals surface area contributed by atoms with Gasteiger partial charge in [-0.15, -0.1) is 4.28 Å². The van der Waals surface area contributed by atoms with Crippen LogP contribution in [0, 0.1) is 0 Å². The third kappa shape index (κ3) is 9.11. The van der Waals surface area contributed by atoms with Crippen LogP contribution >= 0.6 is 11.3 Å². The Balaban J connectivity index is 1.53. The predicted molar refractivity (Wildman–Crippen MR) is 165 cm³/mol. The topological polar surface area (TPSA) is 270 Å². The van der Waals surface area contributed by atoms with Gasteiger partial charge in [0, 0.05) is 5.56 Å². The Labute approximate surface area is 280 Å². The molecule has 2 atom stereocenters. The van der Waals surface area contributed by atoms with E-state index in [9.17, 15) is 41.1 Å². The molecule has 268 valence electrons. The molecule has 2 aliphatic heterocycles. The zero-order chi connectivity index (χ0) is 36.3. The highest BCUT2D eigenvalue weighted by molar-refractivity contribution is 7.80. The molecule has 18 nitrogen and oxygen atoms in total. The molecule has 2 aromatic rings. The quantitative estimate of drug-likeness (QED) is 0.0531. The number of carboxylic acids is 1. The summed E-state index contributed by atoms with van der Waals surface area (Å²) in [6.45, 7) is 3.29. The number of piperidine rings is 1. The number of oxime groups is 1. The van der Waals surface area contributed by atoms with Crippen LogP contribution in [0.4, 0.5) is 18.3 Å². The maximum Gasteiger partial charge on any atom is 0.427 e. The molecule has 0 unspecified atom stereocenters. The predicted octanol–water partition coefficient (Wildman–Crippen LogP) is 0.294. The Morgan fingerprint density at radius 1 is 1.24 bits per heavy atom. The summed E-state index contributed by atoms with van der Waals surface area (Å²) >= 11 is -0.0521. The van der Waals surface area contributed by atoms with Crippen molar-refractivity contribution in [3.63, 3.8) is 0 Å². The van der Waals surface area contributed by atoms with E-state index < -0.39 is 80.1 Å². The first-order chi connectivity index (χ1) is 22.8. The largest absolute Gasteiger partial charge is 0.489 e. The number of alkyl halides is 3. The number of rotatable bonds is 13. The average molecular weight is 737 g/mol. The first-order valence-electron chi connectivity index (χ1n) is 14.2. The van der Waals surface area contributed by atoms with Gasteiger partial charge in [0.2, 0.25) is 0 Å². The fourth-order valence-corrected chi connectivity index (χ4v) is 5.82. The molecule has 0 radical (unpaired) electrons. The third-order valence-corrected chi connectivity index (χ3v) is 8.46. The van der Waals surface area contributed by atoms with Crippen molar-refractivity contribution in [3.8, 4) is 5.75 Å². The molecular weight excluding hydrogens is 705 g/mol. The minimum atomic E-state index is -5.16. The number of thiazole rings is 1. The number of β-lactam (4-membered cyclic amide) rings is 1. The lowest BCUT2D eigenvalue weighted by atomic mass is 9.84. The molecule has 4 rings (SSSR count). The summed E-state index contributed by atoms with van der Waals surface area (Å²) in [5, 5.41) is 17.9. The molecule has 3 heterocycles. The smallest absolute Gasteiger partial charge is 0.427 e. The van der Waals surface area contributed by atoms with Gasteiger partial charge in [-0.05, 0) is 64.0 Å². The van der Waals surface area contributed by atoms with E-state index in [2.05, 4.69) is 30.0 Å². The number of hydrogen-bond donors (Lipinski definition) is 6. The van der Waals surface area contributed by atoms with E-state index in [-0.39, 0.29) is 28.2 Å². The molecule has 0 spiro atoms. The van der Waals surface area contributed by atoms with Gasteiger partial charge in [0.1, 0.15) is 34.8 Å². The maximum atomic E-state index is 13.8. The number of benzene rings is 1. The molecule has 1 aromatic carbocycles. The van der Waals surface area contributed by atoms with Gasteiger partial charge in [0.05, 0.1) is 11.6 Å². The van der Waals surface area contributed by atoms with Crippen LogP contribution in [0.5, 0.6) is 5.75 Å². The summed E-state index contributed by atoms with van der Waals surface area (Å²) in [4.78, 5) is 49.3. The Hall–Kier alpha value is -4.58. The molecule has 49 heavy (non-hydrogen) atoms. The van der Waals surface area contributed by atoms with Crippen molar-refractivity contribution < 1.29 is 59.5 Å². The van der Waals surface area contributed by atoms with Crippen LogP contribution in [0.25, 0.3) is 0 Å². The van der Waals surface area contributed by atoms with Gasteiger partial charge in [-0.2, -0.15) is 26.7 Å². The summed E-state index contributed by atoms with van der Waals surface area (Å²) in [5.41, 5.74) is 8.14. The third-order valence-electron chi connectivity index (χ3n) is 7.19. The molecule has 0 aliphatic carbocycles. The van der Waals surface area contributed by atoms with E-state index in [4.69, 9.17) is 25.6 Å². The number of nitrogens with one attached hydrogen (secondary N) is 2. The highest BCUT2D eigenvalue weighted by atomic mass is 32.3. The SMILES string of the molecule is CC1(C)[C@H](NC(=O)/C(=N\O[C@@H](COc2ccc(C(N)=NC3CCNCC3)cc2)C(=O)O)c2nc(N)sc2C(F)(F)F)C(=O)N1OS(=O)(=O)O. The molecule has 0 bridgehead atoms. The number of ether oxygens (including phenoxy) is 1. The molecule has 2 saturated heterocycles. The van der Waals surface area contributed by atoms with Crippen LogP contribution < -0.4 is 26.8 Å². The minimum absolute atomic E-state index is 0.0521. The Kier molecular flexibility index (Phi) is 11.0. The number of aromatic nitrogens is 1. The number of nitrogen functional groups attached to an aromatic ring is 1. The van der Waals surface area contributed by atoms with Crippen LogP contribution in [0.2, 0.25) is 0 Å². The fraction of sp³-hybridized carbons (Fsp3) is 0.462. The Bertz CT molecular complexity index is 1740. The van der Waals surface area contributed by atoms with Gasteiger partial charge in [0.15, 0.2) is 10.8 Å². The first kappa shape index (κ1) is 37.2. The molecule has 2 aliphatic rings. The summed E-state index contributed by atoms with van der Waals surface area (Å²) in [6, 6.07) is 4.56. The van der Waals surface area contributed by atoms with Gasteiger partial charge in [-0.1, -0.05) is 16.5 Å². The first-order valence-corrected chi connectivity index (χ1v) is 16.4. The number of carboxylic acid groups (broad SMARTS) is 1. The molecule has 1 aromatic heterocycles. The van der Waals surface area contributed by atoms with Crippen LogP contribution in [-0.4, -0.2) is 101 Å². The number of hydroxylamine groups is 2. The molecule has 23 heteroatoms. The monoisotopic (exact) mass is 736 g/mol. The highest BCUT2D eigenvalue weighted by Crippen LogP contribution is 2.38. The van der Waals surface area contributed by atoms with Gasteiger partial charge in [-0.25, -0.2) is 9.78 Å². The number of halogens is 3. The zero-order valence-corrected chi connectivity index (χ0v) is 27.3. The number of aliphatic carboxylic acids is 1. The number of nitrogens with zero attached hydrogens (tertiary/aromatic N) is 4. The average Bonchev–Trinajstić information content (AvgIpc) is 3.42. The van der Waals surface area contributed by atoms with Gasteiger partial charge < -0.3 is 36.8 Å². The highest BCUT2D eigenvalue weighted by Gasteiger charge is 2.58. The summed E-state index contributed by atoms with van der Waals surface area (Å²) in [5.74, 6) is -3.95. The minimum Gasteiger partial charge on any atom is -0.489 e. The van der Waals surface area contributed by atoms with Crippen molar-refractivity contribution >= 4 is 56.2 Å². The lowest BCUT2D eigenvalue weighted by molar-refractivity contribution is -0.218. The second-order valence-corrected chi connectivity index (χ2v) is 13.2. The number of anilines is 1. The fourth-order valence-electron chi connectivity index (χ4n) is 4.66. The number of carbonyl (C=O) groups is 3. The van der Waals surface area contributed by atoms with E-state index in [0.717, 1.165) is 25.9 Å². The summed E-state index contributed by atoms with van der Waals surface area (Å²) in [7, 11) is -5.16. The van der Waals surface area contributed by atoms with Crippen molar-refractivity contribution in [1.82, 2.24) is 20.7 Å². The standard InChI is InChI=1S/C26H31F3N8O10S2/c1-25(2)18(22(39)37(25)47-49(42,43)44)35-21(38)17(16-19(26(27,28)29)48-24(31)34-16)36-46-15(23(40)41)11-45-14-5-3-12(4-6-14)20(30)33-13-7-9-32-10-8-13/h3-6,13,15,18,32H,7-11H2,1-2H3,(H2,30,33)(H2,31,34)(H,35,38)(H,40,41)(H,42,43,44)/b36-17-/t15-,18+/m0/s1. The van der Waals surface area contributed by atoms with Crippen LogP contribution in [0.3, 0.4) is 0 Å². The van der Waals surface area contributed by atoms with Crippen molar-refractivity contribution in [1.29, 1.82) is 0 Å². The lowest BCUT2D eigenvalue weighted by Gasteiger charge is -2.50. The lowest BCUT2D eigenvalue weighted by Crippen LogP contribution is -2.76. The van der Waals surface area contributed by atoms with E-state index in [1.807, 2.05) is 0 Å². The number of carbonyl (C=O) groups excluding carboxylic acids is 2. The number of amidine groups is 1. The van der Waals surface area contributed by atoms with E-state index in [1.165, 1.54) is 26.0 Å².